The number of aromatic nitrogens is 1. The van der Waals surface area contributed by atoms with Crippen molar-refractivity contribution >= 4 is 29.4 Å². The molecule has 5 rings (SSSR count). The number of hydrogen-bond donors (Lipinski definition) is 2. The molecule has 0 unspecified atom stereocenters. The maximum Gasteiger partial charge on any atom is 0.263 e. The van der Waals surface area contributed by atoms with E-state index in [-0.39, 0.29) is 45.7 Å². The number of nitrogen functional groups attached to an aromatic ring is 1. The number of pyridine rings is 1. The number of imide groups is 2. The average Bonchev–Trinajstić information content (AvgIpc) is 3.15. The Bertz CT molecular complexity index is 1220. The molecule has 152 valence electrons. The summed E-state index contributed by atoms with van der Waals surface area (Å²) in [6, 6.07) is 5.47. The zero-order valence-electron chi connectivity index (χ0n) is 15.9. The van der Waals surface area contributed by atoms with E-state index < -0.39 is 23.3 Å². The second-order valence-electron chi connectivity index (χ2n) is 7.75. The first-order valence-corrected chi connectivity index (χ1v) is 9.82. The maximum atomic E-state index is 13.3. The summed E-state index contributed by atoms with van der Waals surface area (Å²) in [6.07, 6.45) is 4.48. The van der Waals surface area contributed by atoms with Crippen LogP contribution in [0, 0.1) is 0 Å². The molecule has 1 fully saturated rings. The molecule has 9 nitrogen and oxygen atoms in total. The van der Waals surface area contributed by atoms with Gasteiger partial charge in [-0.25, -0.2) is 0 Å². The monoisotopic (exact) mass is 406 g/mol. The Balaban J connectivity index is 1.69. The van der Waals surface area contributed by atoms with Gasteiger partial charge in [0.25, 0.3) is 29.2 Å². The topological polar surface area (TPSA) is 132 Å². The molecule has 1 aliphatic carbocycles. The van der Waals surface area contributed by atoms with Crippen LogP contribution in [0.2, 0.25) is 0 Å². The predicted octanol–water partition coefficient (Wildman–Crippen LogP) is 1.23. The molecule has 1 saturated carbocycles. The molecule has 0 spiro atoms. The summed E-state index contributed by atoms with van der Waals surface area (Å²) in [5, 5.41) is 2.11. The van der Waals surface area contributed by atoms with Crippen LogP contribution in [0.4, 0.5) is 5.82 Å². The van der Waals surface area contributed by atoms with E-state index in [1.165, 1.54) is 11.0 Å². The Morgan fingerprint density at radius 1 is 0.867 bits per heavy atom. The minimum absolute atomic E-state index is 0.0894. The number of nitrogens with zero attached hydrogens (tertiary/aromatic N) is 2. The number of anilines is 1. The van der Waals surface area contributed by atoms with E-state index in [1.54, 1.807) is 12.1 Å². The van der Waals surface area contributed by atoms with E-state index in [4.69, 9.17) is 5.73 Å². The molecule has 0 bridgehead atoms. The summed E-state index contributed by atoms with van der Waals surface area (Å²) in [6.45, 7) is 0. The first kappa shape index (κ1) is 18.3. The SMILES string of the molecule is Nc1c2c(cc(=O)n1-c1cccc3c1C(=O)N(C1CCCCC1)C3=O)C(=O)NC2=O. The zero-order chi connectivity index (χ0) is 21.2. The number of fused-ring (bicyclic) bond motifs is 2. The first-order valence-electron chi connectivity index (χ1n) is 9.82. The lowest BCUT2D eigenvalue weighted by molar-refractivity contribution is 0.0548. The zero-order valence-corrected chi connectivity index (χ0v) is 15.9. The molecule has 2 aliphatic heterocycles. The third kappa shape index (κ3) is 2.38. The number of nitrogens with one attached hydrogen (secondary N) is 1. The van der Waals surface area contributed by atoms with Gasteiger partial charge in [-0.3, -0.25) is 38.8 Å². The van der Waals surface area contributed by atoms with Crippen LogP contribution in [0.1, 0.15) is 73.5 Å². The predicted molar refractivity (Wildman–Crippen MR) is 106 cm³/mol. The van der Waals surface area contributed by atoms with Crippen LogP contribution < -0.4 is 16.6 Å². The Morgan fingerprint density at radius 2 is 1.60 bits per heavy atom. The molecular weight excluding hydrogens is 388 g/mol. The number of benzene rings is 1. The van der Waals surface area contributed by atoms with Gasteiger partial charge in [-0.1, -0.05) is 25.3 Å². The first-order chi connectivity index (χ1) is 14.4. The highest BCUT2D eigenvalue weighted by atomic mass is 16.2. The fraction of sp³-hybridized carbons (Fsp3) is 0.286. The molecule has 3 heterocycles. The van der Waals surface area contributed by atoms with Crippen LogP contribution in [0.5, 0.6) is 0 Å². The number of hydrogen-bond acceptors (Lipinski definition) is 6. The number of amides is 4. The minimum atomic E-state index is -0.708. The van der Waals surface area contributed by atoms with Gasteiger partial charge in [-0.2, -0.15) is 0 Å². The molecule has 3 aliphatic rings. The number of carbonyl (C=O) groups excluding carboxylic acids is 4. The molecule has 1 aromatic carbocycles. The number of nitrogens with two attached hydrogens (primary N) is 1. The standard InChI is InChI=1S/C21H18N4O5/c22-17-16-12(18(27)23-19(16)28)9-14(26)25(17)13-8-4-7-11-15(13)21(30)24(20(11)29)10-5-2-1-3-6-10/h4,7-10H,1-3,5-6,22H2,(H,23,27,28). The van der Waals surface area contributed by atoms with Crippen LogP contribution in [-0.4, -0.2) is 39.1 Å². The minimum Gasteiger partial charge on any atom is -0.384 e. The van der Waals surface area contributed by atoms with Crippen molar-refractivity contribution in [2.45, 2.75) is 38.1 Å². The van der Waals surface area contributed by atoms with E-state index in [2.05, 4.69) is 5.32 Å². The van der Waals surface area contributed by atoms with Gasteiger partial charge < -0.3 is 5.73 Å². The van der Waals surface area contributed by atoms with Crippen molar-refractivity contribution in [2.75, 3.05) is 5.73 Å². The molecule has 2 aromatic rings. The highest BCUT2D eigenvalue weighted by Crippen LogP contribution is 2.34. The summed E-state index contributed by atoms with van der Waals surface area (Å²) in [4.78, 5) is 64.4. The summed E-state index contributed by atoms with van der Waals surface area (Å²) >= 11 is 0. The lowest BCUT2D eigenvalue weighted by Crippen LogP contribution is -2.41. The molecule has 4 amide bonds. The fourth-order valence-corrected chi connectivity index (χ4v) is 4.67. The second kappa shape index (κ2) is 6.38. The van der Waals surface area contributed by atoms with Crippen LogP contribution in [0.15, 0.2) is 29.1 Å². The van der Waals surface area contributed by atoms with Crippen molar-refractivity contribution in [3.05, 3.63) is 56.9 Å². The fourth-order valence-electron chi connectivity index (χ4n) is 4.67. The lowest BCUT2D eigenvalue weighted by atomic mass is 9.94. The number of rotatable bonds is 2. The highest BCUT2D eigenvalue weighted by Gasteiger charge is 2.42. The molecule has 9 heteroatoms. The second-order valence-corrected chi connectivity index (χ2v) is 7.75. The van der Waals surface area contributed by atoms with Crippen molar-refractivity contribution in [3.63, 3.8) is 0 Å². The Hall–Kier alpha value is -3.75. The lowest BCUT2D eigenvalue weighted by Gasteiger charge is -2.29. The van der Waals surface area contributed by atoms with Crippen LogP contribution in [0.25, 0.3) is 5.69 Å². The van der Waals surface area contributed by atoms with Gasteiger partial charge in [-0.05, 0) is 25.0 Å². The van der Waals surface area contributed by atoms with Crippen molar-refractivity contribution < 1.29 is 19.2 Å². The van der Waals surface area contributed by atoms with E-state index in [0.29, 0.717) is 0 Å². The highest BCUT2D eigenvalue weighted by molar-refractivity contribution is 6.24. The van der Waals surface area contributed by atoms with Crippen LogP contribution >= 0.6 is 0 Å². The van der Waals surface area contributed by atoms with E-state index in [0.717, 1.165) is 42.7 Å². The van der Waals surface area contributed by atoms with Gasteiger partial charge in [-0.15, -0.1) is 0 Å². The molecule has 1 aromatic heterocycles. The molecular formula is C21H18N4O5. The van der Waals surface area contributed by atoms with Crippen LogP contribution in [-0.2, 0) is 0 Å². The van der Waals surface area contributed by atoms with Crippen molar-refractivity contribution in [1.82, 2.24) is 14.8 Å². The van der Waals surface area contributed by atoms with Gasteiger partial charge in [0.2, 0.25) is 0 Å². The van der Waals surface area contributed by atoms with Gasteiger partial charge >= 0.3 is 0 Å². The summed E-state index contributed by atoms with van der Waals surface area (Å²) in [7, 11) is 0. The summed E-state index contributed by atoms with van der Waals surface area (Å²) in [5.41, 5.74) is 5.65. The van der Waals surface area contributed by atoms with Gasteiger partial charge in [0.1, 0.15) is 5.82 Å². The molecule has 0 radical (unpaired) electrons. The summed E-state index contributed by atoms with van der Waals surface area (Å²) in [5.74, 6) is -2.50. The van der Waals surface area contributed by atoms with Gasteiger partial charge in [0.05, 0.1) is 27.9 Å². The third-order valence-electron chi connectivity index (χ3n) is 6.06. The van der Waals surface area contributed by atoms with E-state index in [1.807, 2.05) is 0 Å². The molecule has 0 saturated heterocycles. The maximum absolute atomic E-state index is 13.3. The largest absolute Gasteiger partial charge is 0.384 e. The van der Waals surface area contributed by atoms with Crippen molar-refractivity contribution in [1.29, 1.82) is 0 Å². The third-order valence-corrected chi connectivity index (χ3v) is 6.06. The summed E-state index contributed by atoms with van der Waals surface area (Å²) < 4.78 is 1.02. The van der Waals surface area contributed by atoms with Crippen molar-refractivity contribution in [2.24, 2.45) is 0 Å². The van der Waals surface area contributed by atoms with E-state index >= 15 is 0 Å². The Labute approximate surface area is 170 Å². The van der Waals surface area contributed by atoms with E-state index in [9.17, 15) is 24.0 Å². The Kier molecular flexibility index (Phi) is 3.89. The Morgan fingerprint density at radius 3 is 2.33 bits per heavy atom. The van der Waals surface area contributed by atoms with Crippen LogP contribution in [0.3, 0.4) is 0 Å². The average molecular weight is 406 g/mol. The quantitative estimate of drug-likeness (QED) is 0.721. The van der Waals surface area contributed by atoms with Gasteiger partial charge in [0, 0.05) is 12.1 Å². The smallest absolute Gasteiger partial charge is 0.263 e. The number of carbonyl (C=O) groups is 4. The molecule has 3 N–H and O–H groups in total. The van der Waals surface area contributed by atoms with Gasteiger partial charge in [0.15, 0.2) is 0 Å². The normalized spacial score (nSPS) is 18.6. The molecule has 0 atom stereocenters. The van der Waals surface area contributed by atoms with Crippen molar-refractivity contribution in [3.8, 4) is 5.69 Å². The molecule has 30 heavy (non-hydrogen) atoms.